The summed E-state index contributed by atoms with van der Waals surface area (Å²) in [5.41, 5.74) is 0. The first-order valence-corrected chi connectivity index (χ1v) is 27.8. The van der Waals surface area contributed by atoms with E-state index in [9.17, 15) is 14.4 Å². The van der Waals surface area contributed by atoms with Crippen molar-refractivity contribution in [2.45, 2.75) is 258 Å². The highest BCUT2D eigenvalue weighted by atomic mass is 16.6. The molecule has 0 aromatic carbocycles. The number of allylic oxidation sites excluding steroid dienone is 16. The Balaban J connectivity index is 4.50. The van der Waals surface area contributed by atoms with Gasteiger partial charge in [0.05, 0.1) is 0 Å². The van der Waals surface area contributed by atoms with Crippen molar-refractivity contribution in [1.29, 1.82) is 0 Å². The summed E-state index contributed by atoms with van der Waals surface area (Å²) < 4.78 is 16.8. The minimum absolute atomic E-state index is 0.0998. The van der Waals surface area contributed by atoms with Crippen LogP contribution in [0.15, 0.2) is 97.2 Å². The zero-order valence-corrected chi connectivity index (χ0v) is 43.6. The summed E-state index contributed by atoms with van der Waals surface area (Å²) in [6.45, 7) is 6.45. The molecule has 0 rings (SSSR count). The molecular formula is C61H102O6. The first kappa shape index (κ1) is 63.3. The molecule has 0 aromatic heterocycles. The van der Waals surface area contributed by atoms with Gasteiger partial charge in [0.2, 0.25) is 0 Å². The van der Waals surface area contributed by atoms with Crippen molar-refractivity contribution in [2.75, 3.05) is 13.2 Å². The van der Waals surface area contributed by atoms with Gasteiger partial charge in [0.1, 0.15) is 13.2 Å². The smallest absolute Gasteiger partial charge is 0.306 e. The molecule has 0 heterocycles. The Kier molecular flexibility index (Phi) is 51.9. The number of carbonyl (C=O) groups excluding carboxylic acids is 3. The second-order valence-corrected chi connectivity index (χ2v) is 18.3. The predicted octanol–water partition coefficient (Wildman–Crippen LogP) is 18.5. The van der Waals surface area contributed by atoms with Crippen molar-refractivity contribution in [3.05, 3.63) is 97.2 Å². The molecule has 67 heavy (non-hydrogen) atoms. The van der Waals surface area contributed by atoms with Gasteiger partial charge in [0, 0.05) is 19.3 Å². The molecule has 0 spiro atoms. The average molecular weight is 931 g/mol. The maximum Gasteiger partial charge on any atom is 0.306 e. The van der Waals surface area contributed by atoms with Crippen molar-refractivity contribution in [3.8, 4) is 0 Å². The molecule has 382 valence electrons. The maximum absolute atomic E-state index is 12.8. The van der Waals surface area contributed by atoms with Crippen LogP contribution in [-0.2, 0) is 28.6 Å². The Labute approximate surface area is 413 Å². The van der Waals surface area contributed by atoms with Crippen LogP contribution >= 0.6 is 0 Å². The first-order chi connectivity index (χ1) is 33.0. The molecule has 0 aliphatic rings. The summed E-state index contributed by atoms with van der Waals surface area (Å²) in [7, 11) is 0. The second-order valence-electron chi connectivity index (χ2n) is 18.3. The van der Waals surface area contributed by atoms with E-state index in [0.29, 0.717) is 19.3 Å². The number of rotatable bonds is 49. The van der Waals surface area contributed by atoms with E-state index < -0.39 is 6.10 Å². The van der Waals surface area contributed by atoms with Crippen LogP contribution in [0.4, 0.5) is 0 Å². The van der Waals surface area contributed by atoms with E-state index in [1.807, 2.05) is 60.8 Å². The number of esters is 3. The molecule has 6 heteroatoms. The van der Waals surface area contributed by atoms with E-state index in [1.165, 1.54) is 122 Å². The fourth-order valence-corrected chi connectivity index (χ4v) is 7.58. The number of hydrogen-bond acceptors (Lipinski definition) is 6. The Bertz CT molecular complexity index is 1350. The largest absolute Gasteiger partial charge is 0.462 e. The van der Waals surface area contributed by atoms with Crippen molar-refractivity contribution in [2.24, 2.45) is 0 Å². The van der Waals surface area contributed by atoms with Gasteiger partial charge in [-0.2, -0.15) is 0 Å². The summed E-state index contributed by atoms with van der Waals surface area (Å²) in [6.07, 6.45) is 72.4. The molecule has 0 aliphatic carbocycles. The molecule has 0 radical (unpaired) electrons. The van der Waals surface area contributed by atoms with Gasteiger partial charge in [-0.05, 0) is 64.2 Å². The Morgan fingerprint density at radius 3 is 0.940 bits per heavy atom. The Morgan fingerprint density at radius 2 is 0.582 bits per heavy atom. The topological polar surface area (TPSA) is 78.9 Å². The molecule has 0 saturated carbocycles. The van der Waals surface area contributed by atoms with E-state index in [2.05, 4.69) is 57.2 Å². The standard InChI is InChI=1S/C61H102O6/c1-4-7-10-13-16-19-22-25-28-30-32-33-36-39-42-45-48-51-54-60(63)66-57-58(56-65-59(62)53-50-47-44-41-38-35-27-24-21-18-15-12-9-6-3)67-61(64)55-52-49-46-43-40-37-34-31-29-26-23-20-17-14-11-8-5-2/h8,11,14,17,20,23,26,28-34,37,40,58H,4-7,9-10,12-13,15-16,18-19,21-22,24-25,27,35-36,38-39,41-57H2,1-3H3/b11-8-,17-14-,23-20-,29-26-,30-28-,33-32-,34-31+,40-37-. The average Bonchev–Trinajstić information content (AvgIpc) is 3.33. The zero-order chi connectivity index (χ0) is 48.6. The minimum atomic E-state index is -0.807. The maximum atomic E-state index is 12.8. The van der Waals surface area contributed by atoms with Gasteiger partial charge in [0.15, 0.2) is 6.10 Å². The van der Waals surface area contributed by atoms with Crippen molar-refractivity contribution >= 4 is 17.9 Å². The third-order valence-corrected chi connectivity index (χ3v) is 11.8. The van der Waals surface area contributed by atoms with Crippen LogP contribution in [0, 0.1) is 0 Å². The van der Waals surface area contributed by atoms with Gasteiger partial charge in [-0.3, -0.25) is 14.4 Å². The van der Waals surface area contributed by atoms with Crippen LogP contribution in [0.3, 0.4) is 0 Å². The lowest BCUT2D eigenvalue weighted by Gasteiger charge is -2.18. The minimum Gasteiger partial charge on any atom is -0.462 e. The van der Waals surface area contributed by atoms with Crippen LogP contribution in [-0.4, -0.2) is 37.2 Å². The molecular weight excluding hydrogens is 829 g/mol. The first-order valence-electron chi connectivity index (χ1n) is 27.8. The molecule has 0 aliphatic heterocycles. The van der Waals surface area contributed by atoms with Gasteiger partial charge in [-0.15, -0.1) is 0 Å². The molecule has 0 amide bonds. The summed E-state index contributed by atoms with van der Waals surface area (Å²) in [5.74, 6) is -0.956. The summed E-state index contributed by atoms with van der Waals surface area (Å²) >= 11 is 0. The van der Waals surface area contributed by atoms with E-state index in [0.717, 1.165) is 83.5 Å². The van der Waals surface area contributed by atoms with E-state index in [4.69, 9.17) is 14.2 Å². The van der Waals surface area contributed by atoms with Crippen molar-refractivity contribution in [1.82, 2.24) is 0 Å². The van der Waals surface area contributed by atoms with E-state index in [1.54, 1.807) is 0 Å². The third-order valence-electron chi connectivity index (χ3n) is 11.8. The molecule has 1 atom stereocenters. The summed E-state index contributed by atoms with van der Waals surface area (Å²) in [4.78, 5) is 38.1. The lowest BCUT2D eigenvalue weighted by atomic mass is 10.0. The van der Waals surface area contributed by atoms with Crippen LogP contribution in [0.25, 0.3) is 0 Å². The molecule has 0 N–H and O–H groups in total. The van der Waals surface area contributed by atoms with Crippen molar-refractivity contribution in [3.63, 3.8) is 0 Å². The third kappa shape index (κ3) is 53.2. The van der Waals surface area contributed by atoms with Gasteiger partial charge in [-0.25, -0.2) is 0 Å². The second kappa shape index (κ2) is 54.9. The molecule has 0 aromatic rings. The van der Waals surface area contributed by atoms with E-state index >= 15 is 0 Å². The highest BCUT2D eigenvalue weighted by Gasteiger charge is 2.19. The van der Waals surface area contributed by atoms with Gasteiger partial charge in [0.25, 0.3) is 0 Å². The van der Waals surface area contributed by atoms with Gasteiger partial charge in [-0.1, -0.05) is 266 Å². The van der Waals surface area contributed by atoms with Crippen LogP contribution in [0.2, 0.25) is 0 Å². The normalized spacial score (nSPS) is 12.8. The quantitative estimate of drug-likeness (QED) is 0.0262. The van der Waals surface area contributed by atoms with Crippen LogP contribution < -0.4 is 0 Å². The van der Waals surface area contributed by atoms with Gasteiger partial charge >= 0.3 is 17.9 Å². The zero-order valence-electron chi connectivity index (χ0n) is 43.6. The van der Waals surface area contributed by atoms with E-state index in [-0.39, 0.29) is 37.5 Å². The molecule has 6 nitrogen and oxygen atoms in total. The fourth-order valence-electron chi connectivity index (χ4n) is 7.58. The molecule has 1 unspecified atom stereocenters. The Morgan fingerprint density at radius 1 is 0.313 bits per heavy atom. The highest BCUT2D eigenvalue weighted by molar-refractivity contribution is 5.71. The molecule has 0 fully saturated rings. The number of carbonyl (C=O) groups is 3. The van der Waals surface area contributed by atoms with Gasteiger partial charge < -0.3 is 14.2 Å². The molecule has 0 bridgehead atoms. The Hall–Kier alpha value is -3.67. The SMILES string of the molecule is CC\C=C/C=C\C=C/C=C\C=C\C=C/CCCCCC(=O)OC(COC(=O)CCCCCCC/C=C\C=C/CCCCCCCCC)COC(=O)CCCCCCCCCCCCCCCC. The summed E-state index contributed by atoms with van der Waals surface area (Å²) in [6, 6.07) is 0. The lowest BCUT2D eigenvalue weighted by Crippen LogP contribution is -2.30. The molecule has 0 saturated heterocycles. The predicted molar refractivity (Wildman–Crippen MR) is 288 cm³/mol. The van der Waals surface area contributed by atoms with Crippen LogP contribution in [0.1, 0.15) is 252 Å². The van der Waals surface area contributed by atoms with Crippen LogP contribution in [0.5, 0.6) is 0 Å². The van der Waals surface area contributed by atoms with Crippen molar-refractivity contribution < 1.29 is 28.6 Å². The highest BCUT2D eigenvalue weighted by Crippen LogP contribution is 2.15. The number of unbranched alkanes of at least 4 members (excludes halogenated alkanes) is 28. The number of hydrogen-bond donors (Lipinski definition) is 0. The monoisotopic (exact) mass is 931 g/mol. The lowest BCUT2D eigenvalue weighted by molar-refractivity contribution is -0.167. The fraction of sp³-hybridized carbons (Fsp3) is 0.689. The number of ether oxygens (including phenoxy) is 3. The summed E-state index contributed by atoms with van der Waals surface area (Å²) in [5, 5.41) is 0.